The Hall–Kier alpha value is 0.490. The summed E-state index contributed by atoms with van der Waals surface area (Å²) in [6.07, 6.45) is 4.49. The Balaban J connectivity index is 3.59. The van der Waals surface area contributed by atoms with E-state index in [9.17, 15) is 0 Å². The van der Waals surface area contributed by atoms with Crippen LogP contribution in [0.5, 0.6) is 0 Å². The number of nitrogens with zero attached hydrogens (tertiary/aromatic N) is 1. The lowest BCUT2D eigenvalue weighted by Gasteiger charge is -1.89. The summed E-state index contributed by atoms with van der Waals surface area (Å²) in [6.45, 7) is 4.19. The Bertz CT molecular complexity index is 132. The molecule has 0 aromatic heterocycles. The van der Waals surface area contributed by atoms with Crippen LogP contribution in [0.2, 0.25) is 0 Å². The van der Waals surface area contributed by atoms with Gasteiger partial charge in [0.25, 0.3) is 0 Å². The van der Waals surface area contributed by atoms with E-state index in [1.54, 1.807) is 8.93 Å². The van der Waals surface area contributed by atoms with Gasteiger partial charge in [-0.3, -0.25) is 4.99 Å². The first kappa shape index (κ1) is 10.5. The fourth-order valence-corrected chi connectivity index (χ4v) is 1.06. The number of unbranched alkanes of at least 4 members (excludes halogenated alkanes) is 1. The highest BCUT2D eigenvalue weighted by Crippen LogP contribution is 2.07. The first-order chi connectivity index (χ1) is 4.81. The highest BCUT2D eigenvalue weighted by molar-refractivity contribution is 14.2. The number of rotatable bonds is 4. The molecule has 0 heterocycles. The highest BCUT2D eigenvalue weighted by Gasteiger charge is 1.80. The van der Waals surface area contributed by atoms with Gasteiger partial charge < -0.3 is 0 Å². The molecular formula is C7H12INS. The zero-order valence-electron chi connectivity index (χ0n) is 6.30. The van der Waals surface area contributed by atoms with Crippen LogP contribution < -0.4 is 0 Å². The van der Waals surface area contributed by atoms with Crippen LogP contribution in [0.1, 0.15) is 26.7 Å². The van der Waals surface area contributed by atoms with Crippen LogP contribution in [-0.2, 0) is 0 Å². The number of hydrogen-bond donors (Lipinski definition) is 0. The van der Waals surface area contributed by atoms with Gasteiger partial charge in [-0.1, -0.05) is 19.4 Å². The molecular weight excluding hydrogens is 257 g/mol. The molecule has 10 heavy (non-hydrogen) atoms. The van der Waals surface area contributed by atoms with Crippen LogP contribution in [0.15, 0.2) is 16.8 Å². The van der Waals surface area contributed by atoms with Gasteiger partial charge in [0.05, 0.1) is 5.55 Å². The summed E-state index contributed by atoms with van der Waals surface area (Å²) >= 11 is 2.20. The molecule has 0 radical (unpaired) electrons. The van der Waals surface area contributed by atoms with Crippen molar-refractivity contribution in [3.05, 3.63) is 11.8 Å². The Morgan fingerprint density at radius 1 is 1.70 bits per heavy atom. The second kappa shape index (κ2) is 7.60. The van der Waals surface area contributed by atoms with Crippen LogP contribution in [0.25, 0.3) is 0 Å². The van der Waals surface area contributed by atoms with Crippen molar-refractivity contribution in [2.24, 2.45) is 4.99 Å². The van der Waals surface area contributed by atoms with E-state index in [0.29, 0.717) is 0 Å². The summed E-state index contributed by atoms with van der Waals surface area (Å²) < 4.78 is 0. The van der Waals surface area contributed by atoms with E-state index in [1.165, 1.54) is 6.42 Å². The van der Waals surface area contributed by atoms with Gasteiger partial charge in [0, 0.05) is 26.9 Å². The predicted molar refractivity (Wildman–Crippen MR) is 58.8 cm³/mol. The van der Waals surface area contributed by atoms with Gasteiger partial charge in [0.1, 0.15) is 0 Å². The molecule has 58 valence electrons. The van der Waals surface area contributed by atoms with Crippen molar-refractivity contribution in [1.29, 1.82) is 0 Å². The van der Waals surface area contributed by atoms with Gasteiger partial charge in [-0.25, -0.2) is 0 Å². The SMILES string of the molecule is CCC/C=C(/C)N=CSI. The minimum Gasteiger partial charge on any atom is -0.254 e. The Morgan fingerprint density at radius 2 is 2.40 bits per heavy atom. The standard InChI is InChI=1S/C7H12INS/c1-3-4-5-7(2)9-6-10-8/h5-6H,3-4H2,1-2H3/b7-5-,9-6?. The number of halogens is 1. The van der Waals surface area contributed by atoms with Crippen LogP contribution in [0.4, 0.5) is 0 Å². The van der Waals surface area contributed by atoms with Crippen molar-refractivity contribution in [1.82, 2.24) is 0 Å². The predicted octanol–water partition coefficient (Wildman–Crippen LogP) is 3.80. The monoisotopic (exact) mass is 269 g/mol. The van der Waals surface area contributed by atoms with E-state index in [0.717, 1.165) is 12.1 Å². The van der Waals surface area contributed by atoms with E-state index >= 15 is 0 Å². The van der Waals surface area contributed by atoms with Crippen molar-refractivity contribution in [3.63, 3.8) is 0 Å². The van der Waals surface area contributed by atoms with Gasteiger partial charge in [0.2, 0.25) is 0 Å². The maximum absolute atomic E-state index is 4.17. The van der Waals surface area contributed by atoms with Gasteiger partial charge in [0.15, 0.2) is 0 Å². The van der Waals surface area contributed by atoms with Crippen LogP contribution in [0, 0.1) is 0 Å². The van der Waals surface area contributed by atoms with Crippen molar-refractivity contribution in [3.8, 4) is 0 Å². The summed E-state index contributed by atoms with van der Waals surface area (Å²) in [5.74, 6) is 0. The van der Waals surface area contributed by atoms with Crippen molar-refractivity contribution < 1.29 is 0 Å². The molecule has 0 aromatic rings. The van der Waals surface area contributed by atoms with Crippen molar-refractivity contribution in [2.75, 3.05) is 0 Å². The molecule has 0 atom stereocenters. The smallest absolute Gasteiger partial charge is 0.0703 e. The average Bonchev–Trinajstić information content (AvgIpc) is 1.97. The molecule has 0 spiro atoms. The van der Waals surface area contributed by atoms with Crippen LogP contribution in [0.3, 0.4) is 0 Å². The van der Waals surface area contributed by atoms with E-state index in [1.807, 2.05) is 12.5 Å². The van der Waals surface area contributed by atoms with Crippen molar-refractivity contribution in [2.45, 2.75) is 26.7 Å². The fourth-order valence-electron chi connectivity index (χ4n) is 0.509. The van der Waals surface area contributed by atoms with E-state index in [-0.39, 0.29) is 0 Å². The lowest BCUT2D eigenvalue weighted by molar-refractivity contribution is 0.946. The molecule has 0 saturated heterocycles. The molecule has 0 saturated carbocycles. The first-order valence-electron chi connectivity index (χ1n) is 3.28. The molecule has 0 aliphatic rings. The fraction of sp³-hybridized carbons (Fsp3) is 0.571. The highest BCUT2D eigenvalue weighted by atomic mass is 127. The van der Waals surface area contributed by atoms with E-state index in [2.05, 4.69) is 39.2 Å². The van der Waals surface area contributed by atoms with Gasteiger partial charge >= 0.3 is 0 Å². The lowest BCUT2D eigenvalue weighted by Crippen LogP contribution is -1.69. The Labute approximate surface area is 79.0 Å². The second-order valence-corrected chi connectivity index (χ2v) is 3.87. The zero-order chi connectivity index (χ0) is 7.82. The third-order valence-corrected chi connectivity index (χ3v) is 1.89. The number of aliphatic imine (C=N–C) groups is 1. The van der Waals surface area contributed by atoms with Crippen LogP contribution >= 0.6 is 30.1 Å². The number of hydrogen-bond acceptors (Lipinski definition) is 2. The maximum atomic E-state index is 4.17. The summed E-state index contributed by atoms with van der Waals surface area (Å²) in [4.78, 5) is 4.17. The largest absolute Gasteiger partial charge is 0.254 e. The minimum absolute atomic E-state index is 1.12. The topological polar surface area (TPSA) is 12.4 Å². The lowest BCUT2D eigenvalue weighted by atomic mass is 10.3. The quantitative estimate of drug-likeness (QED) is 0.429. The molecule has 0 aliphatic carbocycles. The molecule has 0 aromatic carbocycles. The number of allylic oxidation sites excluding steroid dienone is 2. The van der Waals surface area contributed by atoms with Gasteiger partial charge in [-0.05, 0) is 22.3 Å². The summed E-state index contributed by atoms with van der Waals surface area (Å²) in [5, 5.41) is 0. The summed E-state index contributed by atoms with van der Waals surface area (Å²) in [5.41, 5.74) is 2.97. The van der Waals surface area contributed by atoms with E-state index in [4.69, 9.17) is 0 Å². The zero-order valence-corrected chi connectivity index (χ0v) is 9.28. The molecule has 1 nitrogen and oxygen atoms in total. The average molecular weight is 269 g/mol. The maximum Gasteiger partial charge on any atom is 0.0703 e. The van der Waals surface area contributed by atoms with E-state index < -0.39 is 0 Å². The molecule has 0 bridgehead atoms. The molecule has 0 rings (SSSR count). The van der Waals surface area contributed by atoms with Crippen LogP contribution in [-0.4, -0.2) is 5.55 Å². The van der Waals surface area contributed by atoms with Gasteiger partial charge in [-0.2, -0.15) is 0 Å². The minimum atomic E-state index is 1.12. The third kappa shape index (κ3) is 6.61. The molecule has 0 N–H and O–H groups in total. The second-order valence-electron chi connectivity index (χ2n) is 1.96. The third-order valence-electron chi connectivity index (χ3n) is 1.02. The molecule has 0 aliphatic heterocycles. The Kier molecular flexibility index (Phi) is 7.97. The molecule has 0 unspecified atom stereocenters. The Morgan fingerprint density at radius 3 is 2.90 bits per heavy atom. The molecule has 3 heteroatoms. The first-order valence-corrected chi connectivity index (χ1v) is 6.70. The van der Waals surface area contributed by atoms with Gasteiger partial charge in [-0.15, -0.1) is 0 Å². The summed E-state index contributed by atoms with van der Waals surface area (Å²) in [6, 6.07) is 0. The summed E-state index contributed by atoms with van der Waals surface area (Å²) in [7, 11) is 1.60. The molecule has 0 fully saturated rings. The normalized spacial score (nSPS) is 12.9. The molecule has 0 amide bonds. The van der Waals surface area contributed by atoms with Crippen molar-refractivity contribution >= 4 is 35.7 Å².